The summed E-state index contributed by atoms with van der Waals surface area (Å²) in [7, 11) is 2.59. The number of methoxy groups -OCH3 is 1. The minimum Gasteiger partial charge on any atom is -0.453 e. The van der Waals surface area contributed by atoms with Gasteiger partial charge in [0.1, 0.15) is 11.6 Å². The quantitative estimate of drug-likeness (QED) is 0.550. The van der Waals surface area contributed by atoms with E-state index in [0.717, 1.165) is 12.1 Å². The fourth-order valence-electron chi connectivity index (χ4n) is 2.74. The zero-order valence-corrected chi connectivity index (χ0v) is 16.3. The van der Waals surface area contributed by atoms with Gasteiger partial charge in [-0.2, -0.15) is 0 Å². The van der Waals surface area contributed by atoms with Crippen molar-refractivity contribution in [1.29, 1.82) is 0 Å². The Labute approximate surface area is 163 Å². The normalized spacial score (nSPS) is 18.0. The minimum atomic E-state index is -1.12. The molecule has 0 radical (unpaired) electrons. The van der Waals surface area contributed by atoms with E-state index in [1.54, 1.807) is 0 Å². The molecule has 0 spiro atoms. The summed E-state index contributed by atoms with van der Waals surface area (Å²) in [6.45, 7) is 0.814. The van der Waals surface area contributed by atoms with E-state index >= 15 is 0 Å². The number of hydrogen-bond acceptors (Lipinski definition) is 5. The lowest BCUT2D eigenvalue weighted by molar-refractivity contribution is -0.0270. The molecule has 7 nitrogen and oxygen atoms in total. The maximum Gasteiger partial charge on any atom is 0.409 e. The van der Waals surface area contributed by atoms with E-state index in [0.29, 0.717) is 6.54 Å². The molecule has 1 saturated heterocycles. The van der Waals surface area contributed by atoms with Crippen molar-refractivity contribution in [2.24, 2.45) is 0 Å². The molecule has 1 aromatic carbocycles. The lowest BCUT2D eigenvalue weighted by Crippen LogP contribution is -2.46. The number of rotatable bonds is 5. The lowest BCUT2D eigenvalue weighted by Gasteiger charge is -2.32. The molecule has 2 unspecified atom stereocenters. The van der Waals surface area contributed by atoms with Crippen LogP contribution in [0.1, 0.15) is 27.1 Å². The van der Waals surface area contributed by atoms with Crippen molar-refractivity contribution in [3.05, 3.63) is 34.9 Å². The Kier molecular flexibility index (Phi) is 7.25. The standard InChI is InChI=1S/C17H19BrF2N2O5/c1-21-16(24)9-5-12(19)14(13(20)6-9)15(23)11(18)7-10-8-22(3-4-27-10)17(25)26-2/h5-6,10-11H,3-4,7-8H2,1-2H3,(H,21,24). The van der Waals surface area contributed by atoms with Gasteiger partial charge in [-0.1, -0.05) is 15.9 Å². The van der Waals surface area contributed by atoms with Crippen LogP contribution in [0, 0.1) is 11.6 Å². The molecule has 2 atom stereocenters. The van der Waals surface area contributed by atoms with Gasteiger partial charge in [0.25, 0.3) is 5.91 Å². The highest BCUT2D eigenvalue weighted by Crippen LogP contribution is 2.24. The number of hydrogen-bond donors (Lipinski definition) is 1. The van der Waals surface area contributed by atoms with Gasteiger partial charge in [-0.25, -0.2) is 13.6 Å². The molecule has 10 heteroatoms. The number of Topliss-reactive ketones (excluding diaryl/α,β-unsaturated/α-hetero) is 1. The van der Waals surface area contributed by atoms with Crippen LogP contribution in [0.2, 0.25) is 0 Å². The fraction of sp³-hybridized carbons (Fsp3) is 0.471. The summed E-state index contributed by atoms with van der Waals surface area (Å²) in [5, 5.41) is 2.25. The van der Waals surface area contributed by atoms with Crippen LogP contribution in [0.4, 0.5) is 13.6 Å². The van der Waals surface area contributed by atoms with E-state index < -0.39 is 45.9 Å². The molecule has 1 aliphatic rings. The van der Waals surface area contributed by atoms with Crippen molar-refractivity contribution >= 4 is 33.7 Å². The number of ketones is 1. The number of amides is 2. The monoisotopic (exact) mass is 448 g/mol. The second-order valence-electron chi connectivity index (χ2n) is 5.87. The molecular formula is C17H19BrF2N2O5. The molecule has 2 amide bonds. The van der Waals surface area contributed by atoms with Crippen molar-refractivity contribution in [3.63, 3.8) is 0 Å². The molecule has 1 fully saturated rings. The van der Waals surface area contributed by atoms with Crippen LogP contribution in [0.5, 0.6) is 0 Å². The van der Waals surface area contributed by atoms with Crippen LogP contribution in [0.25, 0.3) is 0 Å². The molecule has 0 aromatic heterocycles. The van der Waals surface area contributed by atoms with E-state index in [9.17, 15) is 23.2 Å². The van der Waals surface area contributed by atoms with Gasteiger partial charge >= 0.3 is 6.09 Å². The van der Waals surface area contributed by atoms with Gasteiger partial charge in [0.15, 0.2) is 5.78 Å². The Bertz CT molecular complexity index is 723. The number of nitrogens with zero attached hydrogens (tertiary/aromatic N) is 1. The number of alkyl halides is 1. The van der Waals surface area contributed by atoms with Crippen LogP contribution in [0.15, 0.2) is 12.1 Å². The Balaban J connectivity index is 2.11. The van der Waals surface area contributed by atoms with E-state index in [4.69, 9.17) is 4.74 Å². The minimum absolute atomic E-state index is 0.0996. The van der Waals surface area contributed by atoms with Crippen LogP contribution in [-0.2, 0) is 9.47 Å². The van der Waals surface area contributed by atoms with Crippen LogP contribution in [-0.4, -0.2) is 67.5 Å². The topological polar surface area (TPSA) is 84.9 Å². The van der Waals surface area contributed by atoms with Crippen molar-refractivity contribution in [1.82, 2.24) is 10.2 Å². The third kappa shape index (κ3) is 5.01. The summed E-state index contributed by atoms with van der Waals surface area (Å²) >= 11 is 3.14. The number of nitrogens with one attached hydrogen (secondary N) is 1. The highest BCUT2D eigenvalue weighted by molar-refractivity contribution is 9.10. The Morgan fingerprint density at radius 3 is 2.56 bits per heavy atom. The van der Waals surface area contributed by atoms with Gasteiger partial charge in [-0.05, 0) is 18.6 Å². The van der Waals surface area contributed by atoms with E-state index in [-0.39, 0.29) is 25.1 Å². The fourth-order valence-corrected chi connectivity index (χ4v) is 3.38. The average molecular weight is 449 g/mol. The molecule has 0 bridgehead atoms. The van der Waals surface area contributed by atoms with E-state index in [1.165, 1.54) is 19.1 Å². The summed E-state index contributed by atoms with van der Waals surface area (Å²) in [6, 6.07) is 1.62. The largest absolute Gasteiger partial charge is 0.453 e. The number of morpholine rings is 1. The van der Waals surface area contributed by atoms with Gasteiger partial charge in [-0.15, -0.1) is 0 Å². The highest BCUT2D eigenvalue weighted by atomic mass is 79.9. The zero-order chi connectivity index (χ0) is 20.1. The van der Waals surface area contributed by atoms with Gasteiger partial charge in [0.05, 0.1) is 36.8 Å². The molecule has 148 valence electrons. The van der Waals surface area contributed by atoms with Crippen molar-refractivity contribution in [3.8, 4) is 0 Å². The van der Waals surface area contributed by atoms with E-state index in [1.807, 2.05) is 0 Å². The molecule has 1 N–H and O–H groups in total. The molecule has 0 aliphatic carbocycles. The summed E-state index contributed by atoms with van der Waals surface area (Å²) in [5.74, 6) is -3.72. The van der Waals surface area contributed by atoms with Gasteiger partial charge in [0, 0.05) is 19.2 Å². The molecular weight excluding hydrogens is 430 g/mol. The third-order valence-electron chi connectivity index (χ3n) is 4.10. The van der Waals surface area contributed by atoms with Gasteiger partial charge in [-0.3, -0.25) is 9.59 Å². The first-order valence-electron chi connectivity index (χ1n) is 8.12. The van der Waals surface area contributed by atoms with Gasteiger partial charge in [0.2, 0.25) is 0 Å². The van der Waals surface area contributed by atoms with Crippen LogP contribution in [0.3, 0.4) is 0 Å². The predicted molar refractivity (Wildman–Crippen MR) is 95.1 cm³/mol. The number of ether oxygens (including phenoxy) is 2. The van der Waals surface area contributed by atoms with Crippen LogP contribution >= 0.6 is 15.9 Å². The first-order valence-corrected chi connectivity index (χ1v) is 9.04. The summed E-state index contributed by atoms with van der Waals surface area (Å²) in [6.07, 6.45) is -0.910. The smallest absolute Gasteiger partial charge is 0.409 e. The Morgan fingerprint density at radius 1 is 1.37 bits per heavy atom. The Hall–Kier alpha value is -2.07. The zero-order valence-electron chi connectivity index (χ0n) is 14.8. The lowest BCUT2D eigenvalue weighted by atomic mass is 10.0. The van der Waals surface area contributed by atoms with E-state index in [2.05, 4.69) is 26.0 Å². The number of halogens is 3. The summed E-state index contributed by atoms with van der Waals surface area (Å²) in [4.78, 5) is 36.1. The summed E-state index contributed by atoms with van der Waals surface area (Å²) in [5.41, 5.74) is -0.954. The van der Waals surface area contributed by atoms with Crippen molar-refractivity contribution < 1.29 is 32.6 Å². The molecule has 27 heavy (non-hydrogen) atoms. The van der Waals surface area contributed by atoms with Crippen molar-refractivity contribution in [2.75, 3.05) is 33.9 Å². The van der Waals surface area contributed by atoms with Crippen molar-refractivity contribution in [2.45, 2.75) is 17.4 Å². The molecule has 2 rings (SSSR count). The molecule has 1 aliphatic heterocycles. The first-order chi connectivity index (χ1) is 12.8. The molecule has 1 aromatic rings. The van der Waals surface area contributed by atoms with Gasteiger partial charge < -0.3 is 19.7 Å². The number of carbonyl (C=O) groups excluding carboxylic acids is 3. The first kappa shape index (κ1) is 21.2. The number of benzene rings is 1. The van der Waals surface area contributed by atoms with Crippen LogP contribution < -0.4 is 5.32 Å². The maximum absolute atomic E-state index is 14.2. The Morgan fingerprint density at radius 2 is 2.00 bits per heavy atom. The highest BCUT2D eigenvalue weighted by Gasteiger charge is 2.31. The predicted octanol–water partition coefficient (Wildman–Crippen LogP) is 2.13. The maximum atomic E-state index is 14.2. The number of carbonyl (C=O) groups is 3. The molecule has 0 saturated carbocycles. The third-order valence-corrected chi connectivity index (χ3v) is 4.89. The molecule has 1 heterocycles. The SMILES string of the molecule is CNC(=O)c1cc(F)c(C(=O)C(Br)CC2CN(C(=O)OC)CCO2)c(F)c1. The summed E-state index contributed by atoms with van der Waals surface area (Å²) < 4.78 is 38.7. The average Bonchev–Trinajstić information content (AvgIpc) is 2.66. The second-order valence-corrected chi connectivity index (χ2v) is 6.98. The second kappa shape index (κ2) is 9.23.